The minimum absolute atomic E-state index is 0.155. The van der Waals surface area contributed by atoms with Crippen molar-refractivity contribution in [2.75, 3.05) is 17.7 Å². The fraction of sp³-hybridized carbons (Fsp3) is 0.591. The summed E-state index contributed by atoms with van der Waals surface area (Å²) >= 11 is 0. The molecule has 6 heteroatoms. The third-order valence-electron chi connectivity index (χ3n) is 4.67. The summed E-state index contributed by atoms with van der Waals surface area (Å²) in [5.41, 5.74) is 7.88. The zero-order valence-electron chi connectivity index (χ0n) is 17.4. The summed E-state index contributed by atoms with van der Waals surface area (Å²) in [7, 11) is 0. The summed E-state index contributed by atoms with van der Waals surface area (Å²) in [5.74, 6) is 0.553. The van der Waals surface area contributed by atoms with Gasteiger partial charge in [0.05, 0.1) is 6.61 Å². The van der Waals surface area contributed by atoms with Crippen molar-refractivity contribution in [3.05, 3.63) is 29.8 Å². The zero-order valence-corrected chi connectivity index (χ0v) is 17.4. The van der Waals surface area contributed by atoms with Gasteiger partial charge in [0.2, 0.25) is 11.9 Å². The Morgan fingerprint density at radius 1 is 0.821 bits per heavy atom. The van der Waals surface area contributed by atoms with Crippen molar-refractivity contribution in [3.8, 4) is 6.01 Å². The van der Waals surface area contributed by atoms with Crippen LogP contribution < -0.4 is 15.8 Å². The highest BCUT2D eigenvalue weighted by molar-refractivity contribution is 5.54. The molecule has 1 aromatic heterocycles. The zero-order chi connectivity index (χ0) is 20.0. The molecule has 0 fully saturated rings. The molecule has 3 N–H and O–H groups in total. The number of rotatable bonds is 14. The maximum atomic E-state index is 5.78. The van der Waals surface area contributed by atoms with E-state index in [4.69, 9.17) is 10.5 Å². The fourth-order valence-corrected chi connectivity index (χ4v) is 3.01. The van der Waals surface area contributed by atoms with Crippen molar-refractivity contribution in [1.29, 1.82) is 0 Å². The van der Waals surface area contributed by atoms with Crippen LogP contribution in [0.5, 0.6) is 6.01 Å². The SMILES string of the molecule is CCCCCCCCCCCCOc1nc(N)nc(Nc2ccc(C)cc2)n1. The Labute approximate surface area is 169 Å². The summed E-state index contributed by atoms with van der Waals surface area (Å²) in [5, 5.41) is 3.13. The molecular formula is C22H35N5O. The third kappa shape index (κ3) is 9.02. The van der Waals surface area contributed by atoms with E-state index in [0.29, 0.717) is 12.6 Å². The number of unbranched alkanes of at least 4 members (excludes halogenated alkanes) is 9. The average Bonchev–Trinajstić information content (AvgIpc) is 2.67. The Morgan fingerprint density at radius 2 is 1.43 bits per heavy atom. The van der Waals surface area contributed by atoms with Gasteiger partial charge in [-0.2, -0.15) is 15.0 Å². The summed E-state index contributed by atoms with van der Waals surface area (Å²) < 4.78 is 5.67. The van der Waals surface area contributed by atoms with Gasteiger partial charge in [0, 0.05) is 5.69 Å². The molecule has 0 aliphatic heterocycles. The second-order valence-corrected chi connectivity index (χ2v) is 7.32. The second-order valence-electron chi connectivity index (χ2n) is 7.32. The number of nitrogen functional groups attached to an aromatic ring is 1. The highest BCUT2D eigenvalue weighted by Gasteiger charge is 2.06. The number of ether oxygens (including phenoxy) is 1. The number of aryl methyl sites for hydroxylation is 1. The molecule has 0 saturated carbocycles. The molecule has 0 saturated heterocycles. The van der Waals surface area contributed by atoms with Crippen LogP contribution in [0.3, 0.4) is 0 Å². The molecule has 1 heterocycles. The highest BCUT2D eigenvalue weighted by atomic mass is 16.5. The number of nitrogens with zero attached hydrogens (tertiary/aromatic N) is 3. The van der Waals surface area contributed by atoms with Crippen LogP contribution in [0.15, 0.2) is 24.3 Å². The predicted molar refractivity (Wildman–Crippen MR) is 116 cm³/mol. The number of benzene rings is 1. The van der Waals surface area contributed by atoms with Gasteiger partial charge < -0.3 is 15.8 Å². The average molecular weight is 386 g/mol. The van der Waals surface area contributed by atoms with E-state index in [1.54, 1.807) is 0 Å². The number of hydrogen-bond acceptors (Lipinski definition) is 6. The molecule has 0 bridgehead atoms. The van der Waals surface area contributed by atoms with E-state index in [1.165, 1.54) is 63.4 Å². The first kappa shape index (κ1) is 21.9. The van der Waals surface area contributed by atoms with E-state index in [9.17, 15) is 0 Å². The summed E-state index contributed by atoms with van der Waals surface area (Å²) in [4.78, 5) is 12.5. The Bertz CT molecular complexity index is 675. The van der Waals surface area contributed by atoms with E-state index >= 15 is 0 Å². The third-order valence-corrected chi connectivity index (χ3v) is 4.67. The molecule has 0 aliphatic rings. The van der Waals surface area contributed by atoms with Crippen LogP contribution in [-0.4, -0.2) is 21.6 Å². The monoisotopic (exact) mass is 385 g/mol. The second kappa shape index (κ2) is 12.9. The molecule has 28 heavy (non-hydrogen) atoms. The number of anilines is 3. The minimum atomic E-state index is 0.155. The standard InChI is InChI=1S/C22H35N5O/c1-3-4-5-6-7-8-9-10-11-12-17-28-22-26-20(23)25-21(27-22)24-19-15-13-18(2)14-16-19/h13-16H,3-12,17H2,1-2H3,(H3,23,24,25,26,27). The van der Waals surface area contributed by atoms with Crippen LogP contribution >= 0.6 is 0 Å². The van der Waals surface area contributed by atoms with Gasteiger partial charge in [-0.3, -0.25) is 0 Å². The number of aromatic nitrogens is 3. The Morgan fingerprint density at radius 3 is 2.07 bits per heavy atom. The Hall–Kier alpha value is -2.37. The topological polar surface area (TPSA) is 86.0 Å². The lowest BCUT2D eigenvalue weighted by Crippen LogP contribution is -2.08. The van der Waals surface area contributed by atoms with Crippen molar-refractivity contribution in [1.82, 2.24) is 15.0 Å². The van der Waals surface area contributed by atoms with Gasteiger partial charge in [-0.15, -0.1) is 0 Å². The van der Waals surface area contributed by atoms with Gasteiger partial charge in [-0.25, -0.2) is 0 Å². The first-order valence-electron chi connectivity index (χ1n) is 10.7. The number of nitrogens with one attached hydrogen (secondary N) is 1. The Kier molecular flexibility index (Phi) is 10.1. The number of hydrogen-bond donors (Lipinski definition) is 2. The smallest absolute Gasteiger partial charge is 0.323 e. The van der Waals surface area contributed by atoms with E-state index in [2.05, 4.69) is 27.2 Å². The molecule has 0 atom stereocenters. The highest BCUT2D eigenvalue weighted by Crippen LogP contribution is 2.17. The quantitative estimate of drug-likeness (QED) is 0.399. The van der Waals surface area contributed by atoms with E-state index < -0.39 is 0 Å². The summed E-state index contributed by atoms with van der Waals surface area (Å²) in [6, 6.07) is 8.27. The first-order chi connectivity index (χ1) is 13.7. The molecule has 0 amide bonds. The lowest BCUT2D eigenvalue weighted by molar-refractivity contribution is 0.281. The first-order valence-corrected chi connectivity index (χ1v) is 10.7. The van der Waals surface area contributed by atoms with Crippen molar-refractivity contribution in [3.63, 3.8) is 0 Å². The normalized spacial score (nSPS) is 10.8. The van der Waals surface area contributed by atoms with Gasteiger partial charge in [-0.05, 0) is 25.5 Å². The van der Waals surface area contributed by atoms with Gasteiger partial charge in [0.15, 0.2) is 0 Å². The molecule has 2 rings (SSSR count). The van der Waals surface area contributed by atoms with Crippen molar-refractivity contribution >= 4 is 17.6 Å². The molecule has 0 spiro atoms. The number of nitrogens with two attached hydrogens (primary N) is 1. The minimum Gasteiger partial charge on any atom is -0.463 e. The van der Waals surface area contributed by atoms with Crippen LogP contribution in [0.4, 0.5) is 17.6 Å². The molecule has 6 nitrogen and oxygen atoms in total. The van der Waals surface area contributed by atoms with Gasteiger partial charge in [0.1, 0.15) is 0 Å². The lowest BCUT2D eigenvalue weighted by atomic mass is 10.1. The predicted octanol–water partition coefficient (Wildman–Crippen LogP) is 5.81. The molecule has 0 unspecified atom stereocenters. The van der Waals surface area contributed by atoms with Gasteiger partial charge >= 0.3 is 6.01 Å². The molecule has 0 aliphatic carbocycles. The molecule has 2 aromatic rings. The molecule has 154 valence electrons. The van der Waals surface area contributed by atoms with Gasteiger partial charge in [0.25, 0.3) is 0 Å². The van der Waals surface area contributed by atoms with E-state index in [1.807, 2.05) is 31.2 Å². The maximum absolute atomic E-state index is 5.78. The van der Waals surface area contributed by atoms with Crippen LogP contribution in [0.1, 0.15) is 76.7 Å². The van der Waals surface area contributed by atoms with Crippen molar-refractivity contribution in [2.24, 2.45) is 0 Å². The van der Waals surface area contributed by atoms with Crippen LogP contribution in [-0.2, 0) is 0 Å². The molecule has 0 radical (unpaired) electrons. The van der Waals surface area contributed by atoms with Crippen LogP contribution in [0, 0.1) is 6.92 Å². The maximum Gasteiger partial charge on any atom is 0.323 e. The van der Waals surface area contributed by atoms with Crippen LogP contribution in [0.2, 0.25) is 0 Å². The summed E-state index contributed by atoms with van der Waals surface area (Å²) in [6.45, 7) is 4.91. The van der Waals surface area contributed by atoms with Crippen molar-refractivity contribution < 1.29 is 4.74 Å². The van der Waals surface area contributed by atoms with Crippen molar-refractivity contribution in [2.45, 2.75) is 78.1 Å². The largest absolute Gasteiger partial charge is 0.463 e. The van der Waals surface area contributed by atoms with E-state index in [0.717, 1.165) is 12.1 Å². The van der Waals surface area contributed by atoms with Gasteiger partial charge in [-0.1, -0.05) is 82.4 Å². The fourth-order valence-electron chi connectivity index (χ4n) is 3.01. The molecule has 1 aromatic carbocycles. The Balaban J connectivity index is 1.63. The van der Waals surface area contributed by atoms with Crippen LogP contribution in [0.25, 0.3) is 0 Å². The summed E-state index contributed by atoms with van der Waals surface area (Å²) in [6.07, 6.45) is 12.9. The molecular weight excluding hydrogens is 350 g/mol. The van der Waals surface area contributed by atoms with E-state index in [-0.39, 0.29) is 12.0 Å². The lowest BCUT2D eigenvalue weighted by Gasteiger charge is -2.08.